The van der Waals surface area contributed by atoms with Crippen LogP contribution in [0.4, 0.5) is 0 Å². The quantitative estimate of drug-likeness (QED) is 0.678. The number of amides is 3. The molecule has 2 aliphatic rings. The summed E-state index contributed by atoms with van der Waals surface area (Å²) in [6, 6.07) is 0.177. The Hall–Kier alpha value is -1.43. The van der Waals surface area contributed by atoms with Crippen LogP contribution < -0.4 is 5.32 Å². The van der Waals surface area contributed by atoms with Crippen molar-refractivity contribution in [1.29, 1.82) is 0 Å². The summed E-state index contributed by atoms with van der Waals surface area (Å²) in [6.07, 6.45) is 0.815. The third-order valence-electron chi connectivity index (χ3n) is 3.53. The molecule has 2 fully saturated rings. The van der Waals surface area contributed by atoms with Crippen molar-refractivity contribution in [3.8, 4) is 0 Å². The van der Waals surface area contributed by atoms with E-state index in [1.54, 1.807) is 0 Å². The van der Waals surface area contributed by atoms with Gasteiger partial charge in [0.05, 0.1) is 0 Å². The second kappa shape index (κ2) is 5.48. The fraction of sp³-hybridized carbons (Fsp3) is 0.750. The molecule has 2 saturated heterocycles. The number of hydrogen-bond donors (Lipinski definition) is 1. The summed E-state index contributed by atoms with van der Waals surface area (Å²) < 4.78 is 0. The molecule has 0 aromatic heterocycles. The van der Waals surface area contributed by atoms with Gasteiger partial charge >= 0.3 is 0 Å². The van der Waals surface area contributed by atoms with E-state index in [0.29, 0.717) is 6.54 Å². The van der Waals surface area contributed by atoms with Crippen molar-refractivity contribution in [1.82, 2.24) is 15.1 Å². The van der Waals surface area contributed by atoms with Crippen LogP contribution in [-0.4, -0.2) is 59.7 Å². The fourth-order valence-corrected chi connectivity index (χ4v) is 2.43. The maximum atomic E-state index is 12.0. The van der Waals surface area contributed by atoms with Crippen LogP contribution in [0, 0.1) is 0 Å². The molecule has 2 heterocycles. The van der Waals surface area contributed by atoms with Crippen LogP contribution in [0.25, 0.3) is 0 Å². The molecule has 1 unspecified atom stereocenters. The Morgan fingerprint density at radius 2 is 2.00 bits per heavy atom. The van der Waals surface area contributed by atoms with E-state index >= 15 is 0 Å². The number of carbonyl (C=O) groups excluding carboxylic acids is 3. The lowest BCUT2D eigenvalue weighted by Gasteiger charge is -2.34. The summed E-state index contributed by atoms with van der Waals surface area (Å²) in [4.78, 5) is 37.9. The summed E-state index contributed by atoms with van der Waals surface area (Å²) >= 11 is 0. The van der Waals surface area contributed by atoms with Crippen molar-refractivity contribution in [2.24, 2.45) is 0 Å². The highest BCUT2D eigenvalue weighted by molar-refractivity contribution is 6.02. The van der Waals surface area contributed by atoms with Crippen LogP contribution in [0.2, 0.25) is 0 Å². The molecule has 0 bridgehead atoms. The van der Waals surface area contributed by atoms with Gasteiger partial charge in [-0.15, -0.1) is 0 Å². The molecule has 6 nitrogen and oxygen atoms in total. The van der Waals surface area contributed by atoms with E-state index < -0.39 is 0 Å². The summed E-state index contributed by atoms with van der Waals surface area (Å²) in [6.45, 7) is 4.52. The number of hydrogen-bond acceptors (Lipinski definition) is 4. The first-order valence-corrected chi connectivity index (χ1v) is 6.43. The number of imide groups is 1. The summed E-state index contributed by atoms with van der Waals surface area (Å²) in [5, 5.41) is 3.22. The van der Waals surface area contributed by atoms with Gasteiger partial charge in [-0.2, -0.15) is 0 Å². The maximum Gasteiger partial charge on any atom is 0.229 e. The van der Waals surface area contributed by atoms with Gasteiger partial charge in [-0.3, -0.25) is 19.3 Å². The predicted molar refractivity (Wildman–Crippen MR) is 64.6 cm³/mol. The highest BCUT2D eigenvalue weighted by Gasteiger charge is 2.30. The van der Waals surface area contributed by atoms with Gasteiger partial charge in [-0.1, -0.05) is 0 Å². The van der Waals surface area contributed by atoms with Crippen molar-refractivity contribution >= 4 is 17.7 Å². The van der Waals surface area contributed by atoms with Crippen LogP contribution in [0.1, 0.15) is 26.2 Å². The van der Waals surface area contributed by atoms with E-state index in [4.69, 9.17) is 0 Å². The second-order valence-corrected chi connectivity index (χ2v) is 4.83. The Kier molecular flexibility index (Phi) is 3.96. The fourth-order valence-electron chi connectivity index (χ4n) is 2.43. The lowest BCUT2D eigenvalue weighted by Crippen LogP contribution is -2.52. The lowest BCUT2D eigenvalue weighted by atomic mass is 10.2. The van der Waals surface area contributed by atoms with Crippen LogP contribution in [0.15, 0.2) is 0 Å². The van der Waals surface area contributed by atoms with Crippen molar-refractivity contribution in [3.63, 3.8) is 0 Å². The van der Waals surface area contributed by atoms with Crippen molar-refractivity contribution in [2.45, 2.75) is 32.2 Å². The zero-order valence-electron chi connectivity index (χ0n) is 10.6. The third-order valence-corrected chi connectivity index (χ3v) is 3.53. The van der Waals surface area contributed by atoms with E-state index in [0.717, 1.165) is 13.1 Å². The minimum atomic E-state index is -0.152. The first-order valence-electron chi connectivity index (χ1n) is 6.43. The van der Waals surface area contributed by atoms with Gasteiger partial charge in [0.2, 0.25) is 17.7 Å². The molecule has 100 valence electrons. The molecule has 0 saturated carbocycles. The van der Waals surface area contributed by atoms with Crippen LogP contribution >= 0.6 is 0 Å². The minimum absolute atomic E-state index is 0.0245. The summed E-state index contributed by atoms with van der Waals surface area (Å²) in [7, 11) is 0. The van der Waals surface area contributed by atoms with E-state index in [-0.39, 0.29) is 49.6 Å². The highest BCUT2D eigenvalue weighted by atomic mass is 16.2. The Balaban J connectivity index is 1.84. The normalized spacial score (nSPS) is 24.8. The number of likely N-dealkylation sites (tertiary alicyclic amines) is 1. The van der Waals surface area contributed by atoms with Crippen molar-refractivity contribution in [3.05, 3.63) is 0 Å². The Morgan fingerprint density at radius 3 is 2.61 bits per heavy atom. The molecular formula is C12H19N3O3. The van der Waals surface area contributed by atoms with Gasteiger partial charge in [-0.25, -0.2) is 0 Å². The Labute approximate surface area is 106 Å². The van der Waals surface area contributed by atoms with Crippen LogP contribution in [0.5, 0.6) is 0 Å². The van der Waals surface area contributed by atoms with E-state index in [1.165, 1.54) is 4.90 Å². The molecule has 1 atom stereocenters. The summed E-state index contributed by atoms with van der Waals surface area (Å²) in [5.74, 6) is -0.279. The van der Waals surface area contributed by atoms with E-state index in [1.807, 2.05) is 11.8 Å². The second-order valence-electron chi connectivity index (χ2n) is 4.83. The van der Waals surface area contributed by atoms with Gasteiger partial charge in [-0.05, 0) is 6.92 Å². The molecule has 6 heteroatoms. The average molecular weight is 253 g/mol. The molecule has 0 radical (unpaired) electrons. The van der Waals surface area contributed by atoms with Crippen LogP contribution in [-0.2, 0) is 14.4 Å². The number of rotatable bonds is 3. The molecule has 3 amide bonds. The number of nitrogens with zero attached hydrogens (tertiary/aromatic N) is 2. The van der Waals surface area contributed by atoms with Gasteiger partial charge < -0.3 is 10.2 Å². The molecule has 0 aliphatic carbocycles. The number of carbonyl (C=O) groups is 3. The molecule has 18 heavy (non-hydrogen) atoms. The molecule has 2 aliphatic heterocycles. The molecular weight excluding hydrogens is 234 g/mol. The van der Waals surface area contributed by atoms with Gasteiger partial charge in [0, 0.05) is 51.5 Å². The van der Waals surface area contributed by atoms with Gasteiger partial charge in [0.1, 0.15) is 0 Å². The van der Waals surface area contributed by atoms with Crippen LogP contribution in [0.3, 0.4) is 0 Å². The van der Waals surface area contributed by atoms with E-state index in [2.05, 4.69) is 5.32 Å². The zero-order valence-corrected chi connectivity index (χ0v) is 10.6. The molecule has 1 N–H and O–H groups in total. The van der Waals surface area contributed by atoms with Crippen molar-refractivity contribution < 1.29 is 14.4 Å². The highest BCUT2D eigenvalue weighted by Crippen LogP contribution is 2.13. The molecule has 0 aromatic rings. The number of nitrogens with one attached hydrogen (secondary N) is 1. The Morgan fingerprint density at radius 1 is 1.33 bits per heavy atom. The molecule has 0 spiro atoms. The smallest absolute Gasteiger partial charge is 0.229 e. The first-order chi connectivity index (χ1) is 8.59. The third kappa shape index (κ3) is 2.69. The topological polar surface area (TPSA) is 69.7 Å². The number of piperazine rings is 1. The van der Waals surface area contributed by atoms with E-state index in [9.17, 15) is 14.4 Å². The van der Waals surface area contributed by atoms with Gasteiger partial charge in [0.15, 0.2) is 0 Å². The van der Waals surface area contributed by atoms with Gasteiger partial charge in [0.25, 0.3) is 0 Å². The average Bonchev–Trinajstić information content (AvgIpc) is 2.67. The largest absolute Gasteiger partial charge is 0.337 e. The SMILES string of the molecule is CC1CNCCN1C(=O)CCN1C(=O)CCC1=O. The summed E-state index contributed by atoms with van der Waals surface area (Å²) in [5.41, 5.74) is 0. The lowest BCUT2D eigenvalue weighted by molar-refractivity contribution is -0.140. The minimum Gasteiger partial charge on any atom is -0.337 e. The molecule has 2 rings (SSSR count). The van der Waals surface area contributed by atoms with Crippen molar-refractivity contribution in [2.75, 3.05) is 26.2 Å². The monoisotopic (exact) mass is 253 g/mol. The zero-order chi connectivity index (χ0) is 13.1. The maximum absolute atomic E-state index is 12.0. The standard InChI is InChI=1S/C12H19N3O3/c1-9-8-13-5-7-14(9)12(18)4-6-15-10(16)2-3-11(15)17/h9,13H,2-8H2,1H3. The first kappa shape index (κ1) is 13.0. The Bertz CT molecular complexity index is 354. The molecule has 0 aromatic carbocycles. The predicted octanol–water partition coefficient (Wildman–Crippen LogP) is -0.654.